The van der Waals surface area contributed by atoms with E-state index in [1.165, 1.54) is 0 Å². The van der Waals surface area contributed by atoms with Gasteiger partial charge in [-0.2, -0.15) is 0 Å². The van der Waals surface area contributed by atoms with Crippen LogP contribution < -0.4 is 5.32 Å². The molecule has 3 atom stereocenters. The zero-order valence-electron chi connectivity index (χ0n) is 13.2. The van der Waals surface area contributed by atoms with Crippen LogP contribution in [0.5, 0.6) is 0 Å². The number of amides is 1. The summed E-state index contributed by atoms with van der Waals surface area (Å²) in [7, 11) is 0. The topological polar surface area (TPSA) is 64.6 Å². The van der Waals surface area contributed by atoms with Crippen molar-refractivity contribution < 1.29 is 19.1 Å². The average molecular weight is 285 g/mol. The normalized spacial score (nSPS) is 24.2. The molecule has 3 unspecified atom stereocenters. The fourth-order valence-electron chi connectivity index (χ4n) is 2.46. The summed E-state index contributed by atoms with van der Waals surface area (Å²) < 4.78 is 10.5. The molecule has 0 spiro atoms. The van der Waals surface area contributed by atoms with E-state index >= 15 is 0 Å². The molecule has 20 heavy (non-hydrogen) atoms. The molecule has 1 aliphatic rings. The quantitative estimate of drug-likeness (QED) is 0.617. The lowest BCUT2D eigenvalue weighted by Gasteiger charge is -2.28. The second-order valence-electron chi connectivity index (χ2n) is 6.42. The number of hydrogen-bond donors (Lipinski definition) is 1. The summed E-state index contributed by atoms with van der Waals surface area (Å²) in [5.74, 6) is -1.16. The largest absolute Gasteiger partial charge is 0.465 e. The predicted octanol–water partition coefficient (Wildman–Crippen LogP) is 1.75. The highest BCUT2D eigenvalue weighted by atomic mass is 16.5. The molecular formula is C15H27NO4. The molecule has 5 nitrogen and oxygen atoms in total. The van der Waals surface area contributed by atoms with Crippen molar-refractivity contribution in [3.05, 3.63) is 0 Å². The van der Waals surface area contributed by atoms with Crippen LogP contribution in [0, 0.1) is 17.3 Å². The smallest absolute Gasteiger partial charge is 0.319 e. The van der Waals surface area contributed by atoms with Gasteiger partial charge in [0.2, 0.25) is 5.91 Å². The van der Waals surface area contributed by atoms with Crippen LogP contribution in [0.3, 0.4) is 0 Å². The van der Waals surface area contributed by atoms with Crippen molar-refractivity contribution in [2.75, 3.05) is 19.8 Å². The van der Waals surface area contributed by atoms with Gasteiger partial charge in [0, 0.05) is 19.1 Å². The third-order valence-electron chi connectivity index (χ3n) is 3.72. The molecule has 116 valence electrons. The number of nitrogens with one attached hydrogen (secondary N) is 1. The number of carbonyl (C=O) groups is 2. The number of rotatable bonds is 5. The lowest BCUT2D eigenvalue weighted by atomic mass is 9.80. The molecule has 1 saturated heterocycles. The van der Waals surface area contributed by atoms with Crippen molar-refractivity contribution in [3.63, 3.8) is 0 Å². The van der Waals surface area contributed by atoms with Crippen molar-refractivity contribution in [1.82, 2.24) is 5.32 Å². The Morgan fingerprint density at radius 3 is 2.50 bits per heavy atom. The first kappa shape index (κ1) is 17.0. The van der Waals surface area contributed by atoms with E-state index in [0.717, 1.165) is 13.0 Å². The van der Waals surface area contributed by atoms with Gasteiger partial charge in [0.15, 0.2) is 0 Å². The Morgan fingerprint density at radius 1 is 1.40 bits per heavy atom. The molecule has 0 aromatic carbocycles. The fourth-order valence-corrected chi connectivity index (χ4v) is 2.46. The van der Waals surface area contributed by atoms with Gasteiger partial charge in [0.05, 0.1) is 12.7 Å². The van der Waals surface area contributed by atoms with E-state index in [0.29, 0.717) is 12.5 Å². The molecule has 1 fully saturated rings. The van der Waals surface area contributed by atoms with Gasteiger partial charge in [0.25, 0.3) is 0 Å². The Hall–Kier alpha value is -1.10. The molecule has 0 saturated carbocycles. The van der Waals surface area contributed by atoms with Crippen LogP contribution in [0.25, 0.3) is 0 Å². The molecule has 1 heterocycles. The minimum Gasteiger partial charge on any atom is -0.465 e. The van der Waals surface area contributed by atoms with Crippen LogP contribution in [0.15, 0.2) is 0 Å². The zero-order valence-corrected chi connectivity index (χ0v) is 13.2. The molecule has 5 heteroatoms. The maximum atomic E-state index is 12.3. The predicted molar refractivity (Wildman–Crippen MR) is 76.1 cm³/mol. The van der Waals surface area contributed by atoms with E-state index < -0.39 is 17.3 Å². The Morgan fingerprint density at radius 2 is 2.05 bits per heavy atom. The molecule has 0 radical (unpaired) electrons. The van der Waals surface area contributed by atoms with Gasteiger partial charge in [-0.15, -0.1) is 0 Å². The third kappa shape index (κ3) is 4.47. The second-order valence-corrected chi connectivity index (χ2v) is 6.42. The zero-order chi connectivity index (χ0) is 15.3. The Labute approximate surface area is 121 Å². The van der Waals surface area contributed by atoms with Gasteiger partial charge in [-0.05, 0) is 25.7 Å². The van der Waals surface area contributed by atoms with Crippen molar-refractivity contribution in [1.29, 1.82) is 0 Å². The minimum atomic E-state index is -0.778. The van der Waals surface area contributed by atoms with Crippen molar-refractivity contribution in [2.45, 2.75) is 47.1 Å². The highest BCUT2D eigenvalue weighted by Gasteiger charge is 2.39. The standard InChI is InChI=1S/C15H27NO4/c1-6-19-14(18)12(15(3,4)5)13(17)16-9-11-7-8-20-10(11)2/h10-12H,6-9H2,1-5H3,(H,16,17). The van der Waals surface area contributed by atoms with Crippen LogP contribution in [-0.2, 0) is 19.1 Å². The van der Waals surface area contributed by atoms with Gasteiger partial charge in [0.1, 0.15) is 5.92 Å². The molecule has 0 aromatic rings. The first-order valence-corrected chi connectivity index (χ1v) is 7.33. The van der Waals surface area contributed by atoms with Gasteiger partial charge in [-0.3, -0.25) is 9.59 Å². The van der Waals surface area contributed by atoms with Gasteiger partial charge < -0.3 is 14.8 Å². The Kier molecular flexibility index (Phi) is 5.99. The molecule has 0 aliphatic carbocycles. The molecule has 1 aliphatic heterocycles. The third-order valence-corrected chi connectivity index (χ3v) is 3.72. The summed E-state index contributed by atoms with van der Waals surface area (Å²) in [6.45, 7) is 10.9. The first-order valence-electron chi connectivity index (χ1n) is 7.33. The maximum Gasteiger partial charge on any atom is 0.319 e. The molecular weight excluding hydrogens is 258 g/mol. The summed E-state index contributed by atoms with van der Waals surface area (Å²) >= 11 is 0. The number of carbonyl (C=O) groups excluding carboxylic acids is 2. The van der Waals surface area contributed by atoms with E-state index in [9.17, 15) is 9.59 Å². The molecule has 1 N–H and O–H groups in total. The van der Waals surface area contributed by atoms with Crippen molar-refractivity contribution in [3.8, 4) is 0 Å². The second kappa shape index (κ2) is 7.07. The summed E-state index contributed by atoms with van der Waals surface area (Å²) in [6, 6.07) is 0. The van der Waals surface area contributed by atoms with Crippen LogP contribution in [0.4, 0.5) is 0 Å². The van der Waals surface area contributed by atoms with Crippen LogP contribution in [-0.4, -0.2) is 37.7 Å². The first-order chi connectivity index (χ1) is 9.27. The molecule has 0 bridgehead atoms. The number of hydrogen-bond acceptors (Lipinski definition) is 4. The van der Waals surface area contributed by atoms with Crippen LogP contribution in [0.1, 0.15) is 41.0 Å². The summed E-state index contributed by atoms with van der Waals surface area (Å²) in [4.78, 5) is 24.3. The Balaban J connectivity index is 2.61. The highest BCUT2D eigenvalue weighted by molar-refractivity contribution is 5.98. The van der Waals surface area contributed by atoms with Crippen molar-refractivity contribution >= 4 is 11.9 Å². The van der Waals surface area contributed by atoms with Crippen molar-refractivity contribution in [2.24, 2.45) is 17.3 Å². The summed E-state index contributed by atoms with van der Waals surface area (Å²) in [5.41, 5.74) is -0.464. The monoisotopic (exact) mass is 285 g/mol. The van der Waals surface area contributed by atoms with E-state index in [4.69, 9.17) is 9.47 Å². The van der Waals surface area contributed by atoms with E-state index in [-0.39, 0.29) is 18.6 Å². The maximum absolute atomic E-state index is 12.3. The molecule has 1 rings (SSSR count). The SMILES string of the molecule is CCOC(=O)C(C(=O)NCC1CCOC1C)C(C)(C)C. The highest BCUT2D eigenvalue weighted by Crippen LogP contribution is 2.28. The minimum absolute atomic E-state index is 0.158. The lowest BCUT2D eigenvalue weighted by molar-refractivity contribution is -0.156. The summed E-state index contributed by atoms with van der Waals surface area (Å²) in [5, 5.41) is 2.88. The van der Waals surface area contributed by atoms with E-state index in [1.54, 1.807) is 6.92 Å². The van der Waals surface area contributed by atoms with Crippen LogP contribution >= 0.6 is 0 Å². The van der Waals surface area contributed by atoms with Crippen LogP contribution in [0.2, 0.25) is 0 Å². The average Bonchev–Trinajstić information content (AvgIpc) is 2.71. The Bertz CT molecular complexity index is 348. The van der Waals surface area contributed by atoms with Gasteiger partial charge >= 0.3 is 5.97 Å². The van der Waals surface area contributed by atoms with E-state index in [1.807, 2.05) is 27.7 Å². The van der Waals surface area contributed by atoms with E-state index in [2.05, 4.69) is 5.32 Å². The molecule has 1 amide bonds. The summed E-state index contributed by atoms with van der Waals surface area (Å²) in [6.07, 6.45) is 1.10. The number of ether oxygens (including phenoxy) is 2. The molecule has 0 aromatic heterocycles. The lowest BCUT2D eigenvalue weighted by Crippen LogP contribution is -2.45. The van der Waals surface area contributed by atoms with Gasteiger partial charge in [-0.1, -0.05) is 20.8 Å². The fraction of sp³-hybridized carbons (Fsp3) is 0.867. The number of esters is 1. The van der Waals surface area contributed by atoms with Gasteiger partial charge in [-0.25, -0.2) is 0 Å².